The van der Waals surface area contributed by atoms with Crippen LogP contribution >= 0.6 is 0 Å². The van der Waals surface area contributed by atoms with Gasteiger partial charge in [-0.05, 0) is 25.0 Å². The van der Waals surface area contributed by atoms with Crippen molar-refractivity contribution in [1.29, 1.82) is 0 Å². The number of piperidine rings is 1. The fraction of sp³-hybridized carbons (Fsp3) is 0.500. The average Bonchev–Trinajstić information content (AvgIpc) is 2.85. The number of nitrogens with one attached hydrogen (secondary N) is 1. The standard InChI is InChI=1S/C12H16N2O4/c15-9-3-5-14(6-4-9)8-11(16)13-12(17)10-2-1-7-18-10/h1-2,7,9,15H,3-6,8H2,(H,13,16,17). The van der Waals surface area contributed by atoms with Crippen molar-refractivity contribution in [2.45, 2.75) is 18.9 Å². The van der Waals surface area contributed by atoms with Crippen LogP contribution in [0.1, 0.15) is 23.4 Å². The number of likely N-dealkylation sites (tertiary alicyclic amines) is 1. The molecule has 0 spiro atoms. The number of amides is 2. The van der Waals surface area contributed by atoms with Crippen LogP contribution in [0, 0.1) is 0 Å². The molecule has 2 heterocycles. The van der Waals surface area contributed by atoms with Crippen molar-refractivity contribution in [3.8, 4) is 0 Å². The van der Waals surface area contributed by atoms with E-state index < -0.39 is 5.91 Å². The summed E-state index contributed by atoms with van der Waals surface area (Å²) in [5, 5.41) is 11.6. The Balaban J connectivity index is 1.77. The van der Waals surface area contributed by atoms with E-state index in [9.17, 15) is 14.7 Å². The number of carbonyl (C=O) groups is 2. The van der Waals surface area contributed by atoms with Gasteiger partial charge in [0.1, 0.15) is 0 Å². The van der Waals surface area contributed by atoms with Crippen molar-refractivity contribution in [2.75, 3.05) is 19.6 Å². The topological polar surface area (TPSA) is 82.8 Å². The lowest BCUT2D eigenvalue weighted by Gasteiger charge is -2.28. The van der Waals surface area contributed by atoms with Gasteiger partial charge < -0.3 is 9.52 Å². The van der Waals surface area contributed by atoms with E-state index >= 15 is 0 Å². The minimum Gasteiger partial charge on any atom is -0.459 e. The molecule has 0 bridgehead atoms. The van der Waals surface area contributed by atoms with E-state index in [1.165, 1.54) is 12.3 Å². The van der Waals surface area contributed by atoms with Crippen LogP contribution in [0.15, 0.2) is 22.8 Å². The predicted molar refractivity (Wildman–Crippen MR) is 62.9 cm³/mol. The Bertz CT molecular complexity index is 408. The van der Waals surface area contributed by atoms with Gasteiger partial charge in [-0.3, -0.25) is 19.8 Å². The van der Waals surface area contributed by atoms with Crippen LogP contribution in [0.3, 0.4) is 0 Å². The molecule has 0 radical (unpaired) electrons. The number of furan rings is 1. The third-order valence-electron chi connectivity index (χ3n) is 2.92. The molecule has 1 aromatic heterocycles. The summed E-state index contributed by atoms with van der Waals surface area (Å²) in [7, 11) is 0. The van der Waals surface area contributed by atoms with Gasteiger partial charge in [0.15, 0.2) is 5.76 Å². The van der Waals surface area contributed by atoms with E-state index in [-0.39, 0.29) is 24.3 Å². The van der Waals surface area contributed by atoms with Gasteiger partial charge in [-0.1, -0.05) is 0 Å². The summed E-state index contributed by atoms with van der Waals surface area (Å²) in [4.78, 5) is 25.1. The zero-order valence-electron chi connectivity index (χ0n) is 9.96. The van der Waals surface area contributed by atoms with Gasteiger partial charge in [-0.2, -0.15) is 0 Å². The summed E-state index contributed by atoms with van der Waals surface area (Å²) < 4.78 is 4.89. The number of nitrogens with zero attached hydrogens (tertiary/aromatic N) is 1. The Morgan fingerprint density at radius 1 is 1.44 bits per heavy atom. The van der Waals surface area contributed by atoms with Crippen LogP contribution in [0.4, 0.5) is 0 Å². The minimum absolute atomic E-state index is 0.123. The summed E-state index contributed by atoms with van der Waals surface area (Å²) in [5.41, 5.74) is 0. The smallest absolute Gasteiger partial charge is 0.293 e. The molecule has 0 saturated carbocycles. The lowest BCUT2D eigenvalue weighted by Crippen LogP contribution is -2.44. The summed E-state index contributed by atoms with van der Waals surface area (Å²) in [5.74, 6) is -0.757. The van der Waals surface area contributed by atoms with E-state index in [0.29, 0.717) is 25.9 Å². The Labute approximate surface area is 105 Å². The number of rotatable bonds is 3. The van der Waals surface area contributed by atoms with Crippen LogP contribution < -0.4 is 5.32 Å². The molecule has 0 aliphatic carbocycles. The SMILES string of the molecule is O=C(CN1CCC(O)CC1)NC(=O)c1ccco1. The van der Waals surface area contributed by atoms with Gasteiger partial charge in [0.05, 0.1) is 18.9 Å². The van der Waals surface area contributed by atoms with Crippen molar-refractivity contribution in [3.05, 3.63) is 24.2 Å². The molecule has 18 heavy (non-hydrogen) atoms. The van der Waals surface area contributed by atoms with Crippen molar-refractivity contribution in [1.82, 2.24) is 10.2 Å². The quantitative estimate of drug-likeness (QED) is 0.790. The van der Waals surface area contributed by atoms with Crippen LogP contribution in [0.2, 0.25) is 0 Å². The fourth-order valence-electron chi connectivity index (χ4n) is 1.92. The zero-order valence-corrected chi connectivity index (χ0v) is 9.96. The number of aliphatic hydroxyl groups excluding tert-OH is 1. The van der Waals surface area contributed by atoms with Gasteiger partial charge in [0.25, 0.3) is 5.91 Å². The molecular formula is C12H16N2O4. The van der Waals surface area contributed by atoms with E-state index in [2.05, 4.69) is 5.32 Å². The van der Waals surface area contributed by atoms with Crippen LogP contribution in [-0.4, -0.2) is 47.6 Å². The van der Waals surface area contributed by atoms with Gasteiger partial charge in [-0.25, -0.2) is 0 Å². The molecule has 98 valence electrons. The van der Waals surface area contributed by atoms with E-state index in [4.69, 9.17) is 4.42 Å². The van der Waals surface area contributed by atoms with Gasteiger partial charge in [-0.15, -0.1) is 0 Å². The van der Waals surface area contributed by atoms with Crippen molar-refractivity contribution in [2.24, 2.45) is 0 Å². The molecule has 0 aromatic carbocycles. The first-order valence-electron chi connectivity index (χ1n) is 5.93. The molecule has 1 saturated heterocycles. The van der Waals surface area contributed by atoms with Crippen molar-refractivity contribution in [3.63, 3.8) is 0 Å². The number of hydrogen-bond acceptors (Lipinski definition) is 5. The van der Waals surface area contributed by atoms with E-state index in [1.54, 1.807) is 6.07 Å². The van der Waals surface area contributed by atoms with E-state index in [1.807, 2.05) is 4.90 Å². The Morgan fingerprint density at radius 3 is 2.78 bits per heavy atom. The maximum atomic E-state index is 11.6. The normalized spacial score (nSPS) is 17.6. The number of aliphatic hydroxyl groups is 1. The number of carbonyl (C=O) groups excluding carboxylic acids is 2. The van der Waals surface area contributed by atoms with Gasteiger partial charge >= 0.3 is 0 Å². The second kappa shape index (κ2) is 5.79. The molecule has 6 nitrogen and oxygen atoms in total. The fourth-order valence-corrected chi connectivity index (χ4v) is 1.92. The lowest BCUT2D eigenvalue weighted by molar-refractivity contribution is -0.121. The highest BCUT2D eigenvalue weighted by atomic mass is 16.3. The maximum Gasteiger partial charge on any atom is 0.293 e. The molecule has 1 aliphatic heterocycles. The first kappa shape index (κ1) is 12.8. The zero-order chi connectivity index (χ0) is 13.0. The van der Waals surface area contributed by atoms with Crippen LogP contribution in [0.5, 0.6) is 0 Å². The van der Waals surface area contributed by atoms with Crippen molar-refractivity contribution >= 4 is 11.8 Å². The molecule has 1 aliphatic rings. The Hall–Kier alpha value is -1.66. The highest BCUT2D eigenvalue weighted by molar-refractivity contribution is 6.03. The lowest BCUT2D eigenvalue weighted by atomic mass is 10.1. The first-order chi connectivity index (χ1) is 8.65. The molecule has 6 heteroatoms. The summed E-state index contributed by atoms with van der Waals surface area (Å²) >= 11 is 0. The summed E-state index contributed by atoms with van der Waals surface area (Å²) in [6.45, 7) is 1.51. The number of imide groups is 1. The van der Waals surface area contributed by atoms with Gasteiger partial charge in [0.2, 0.25) is 5.91 Å². The molecule has 2 rings (SSSR count). The molecule has 0 unspecified atom stereocenters. The number of hydrogen-bond donors (Lipinski definition) is 2. The highest BCUT2D eigenvalue weighted by Crippen LogP contribution is 2.09. The molecular weight excluding hydrogens is 236 g/mol. The van der Waals surface area contributed by atoms with Crippen molar-refractivity contribution < 1.29 is 19.1 Å². The molecule has 0 atom stereocenters. The predicted octanol–water partition coefficient (Wildman–Crippen LogP) is -0.00730. The minimum atomic E-state index is -0.526. The average molecular weight is 252 g/mol. The summed E-state index contributed by atoms with van der Waals surface area (Å²) in [6, 6.07) is 3.09. The van der Waals surface area contributed by atoms with E-state index in [0.717, 1.165) is 0 Å². The maximum absolute atomic E-state index is 11.6. The molecule has 2 amide bonds. The van der Waals surface area contributed by atoms with Crippen LogP contribution in [0.25, 0.3) is 0 Å². The molecule has 1 fully saturated rings. The van der Waals surface area contributed by atoms with Crippen LogP contribution in [-0.2, 0) is 4.79 Å². The second-order valence-corrected chi connectivity index (χ2v) is 4.36. The monoisotopic (exact) mass is 252 g/mol. The largest absolute Gasteiger partial charge is 0.459 e. The highest BCUT2D eigenvalue weighted by Gasteiger charge is 2.20. The third kappa shape index (κ3) is 3.41. The third-order valence-corrected chi connectivity index (χ3v) is 2.92. The Kier molecular flexibility index (Phi) is 4.11. The second-order valence-electron chi connectivity index (χ2n) is 4.36. The molecule has 2 N–H and O–H groups in total. The summed E-state index contributed by atoms with van der Waals surface area (Å²) in [6.07, 6.45) is 2.44. The molecule has 1 aromatic rings. The first-order valence-corrected chi connectivity index (χ1v) is 5.93. The Morgan fingerprint density at radius 2 is 2.17 bits per heavy atom. The van der Waals surface area contributed by atoms with Gasteiger partial charge in [0, 0.05) is 13.1 Å².